The molecule has 0 radical (unpaired) electrons. The van der Waals surface area contributed by atoms with E-state index in [0.717, 1.165) is 44.9 Å². The van der Waals surface area contributed by atoms with Crippen molar-refractivity contribution < 1.29 is 9.90 Å². The average Bonchev–Trinajstić information content (AvgIpc) is 2.72. The summed E-state index contributed by atoms with van der Waals surface area (Å²) >= 11 is 0. The summed E-state index contributed by atoms with van der Waals surface area (Å²) in [6.07, 6.45) is 6.89. The molecule has 0 atom stereocenters. The largest absolute Gasteiger partial charge is 0.481 e. The predicted molar refractivity (Wildman–Crippen MR) is 70.5 cm³/mol. The molecule has 3 aliphatic rings. The molecule has 0 aromatic heterocycles. The molecule has 3 fully saturated rings. The Labute approximate surface area is 108 Å². The number of benzene rings is 1. The van der Waals surface area contributed by atoms with Gasteiger partial charge in [-0.15, -0.1) is 0 Å². The monoisotopic (exact) mass is 244 g/mol. The Morgan fingerprint density at radius 1 is 0.944 bits per heavy atom. The molecule has 4 rings (SSSR count). The van der Waals surface area contributed by atoms with Crippen LogP contribution in [0.2, 0.25) is 0 Å². The summed E-state index contributed by atoms with van der Waals surface area (Å²) < 4.78 is 0. The molecule has 1 aromatic carbocycles. The van der Waals surface area contributed by atoms with Crippen molar-refractivity contribution in [3.63, 3.8) is 0 Å². The van der Waals surface area contributed by atoms with Crippen molar-refractivity contribution in [2.45, 2.75) is 50.4 Å². The smallest absolute Gasteiger partial charge is 0.309 e. The van der Waals surface area contributed by atoms with Gasteiger partial charge < -0.3 is 5.11 Å². The van der Waals surface area contributed by atoms with Gasteiger partial charge in [0.1, 0.15) is 0 Å². The van der Waals surface area contributed by atoms with E-state index in [1.54, 1.807) is 0 Å². The molecule has 2 nitrogen and oxygen atoms in total. The molecule has 0 aliphatic heterocycles. The molecule has 18 heavy (non-hydrogen) atoms. The van der Waals surface area contributed by atoms with Crippen LogP contribution >= 0.6 is 0 Å². The van der Waals surface area contributed by atoms with Gasteiger partial charge in [-0.05, 0) is 49.5 Å². The Balaban J connectivity index is 1.93. The second-order valence-corrected chi connectivity index (χ2v) is 6.09. The predicted octanol–water partition coefficient (Wildman–Crippen LogP) is 3.75. The normalized spacial score (nSPS) is 35.1. The van der Waals surface area contributed by atoms with E-state index >= 15 is 0 Å². The first-order chi connectivity index (χ1) is 8.67. The van der Waals surface area contributed by atoms with E-state index in [4.69, 9.17) is 0 Å². The zero-order chi connectivity index (χ0) is 12.6. The van der Waals surface area contributed by atoms with E-state index in [1.165, 1.54) is 5.56 Å². The van der Waals surface area contributed by atoms with E-state index < -0.39 is 11.4 Å². The van der Waals surface area contributed by atoms with Crippen molar-refractivity contribution in [2.75, 3.05) is 0 Å². The van der Waals surface area contributed by atoms with Gasteiger partial charge >= 0.3 is 5.97 Å². The number of carboxylic acids is 1. The van der Waals surface area contributed by atoms with Crippen LogP contribution in [-0.2, 0) is 10.2 Å². The third-order valence-corrected chi connectivity index (χ3v) is 5.31. The van der Waals surface area contributed by atoms with Crippen molar-refractivity contribution in [3.05, 3.63) is 35.9 Å². The Bertz CT molecular complexity index is 441. The van der Waals surface area contributed by atoms with Crippen LogP contribution < -0.4 is 0 Å². The minimum atomic E-state index is -0.564. The highest BCUT2D eigenvalue weighted by molar-refractivity contribution is 5.75. The zero-order valence-electron chi connectivity index (χ0n) is 10.7. The Hall–Kier alpha value is -1.31. The van der Waals surface area contributed by atoms with Crippen molar-refractivity contribution >= 4 is 5.97 Å². The first kappa shape index (κ1) is 11.8. The van der Waals surface area contributed by atoms with Gasteiger partial charge in [0, 0.05) is 0 Å². The summed E-state index contributed by atoms with van der Waals surface area (Å²) in [6.45, 7) is 0. The Morgan fingerprint density at radius 3 is 2.22 bits per heavy atom. The van der Waals surface area contributed by atoms with Crippen molar-refractivity contribution in [1.29, 1.82) is 0 Å². The van der Waals surface area contributed by atoms with Crippen LogP contribution in [0.5, 0.6) is 0 Å². The molecule has 0 spiro atoms. The van der Waals surface area contributed by atoms with Gasteiger partial charge in [0.25, 0.3) is 0 Å². The molecule has 2 bridgehead atoms. The van der Waals surface area contributed by atoms with Crippen molar-refractivity contribution in [1.82, 2.24) is 0 Å². The highest BCUT2D eigenvalue weighted by Crippen LogP contribution is 2.55. The van der Waals surface area contributed by atoms with Gasteiger partial charge in [-0.2, -0.15) is 0 Å². The minimum Gasteiger partial charge on any atom is -0.481 e. The van der Waals surface area contributed by atoms with E-state index in [-0.39, 0.29) is 5.41 Å². The Kier molecular flexibility index (Phi) is 2.69. The highest BCUT2D eigenvalue weighted by Gasteiger charge is 2.50. The maximum atomic E-state index is 11.5. The minimum absolute atomic E-state index is 0.261. The van der Waals surface area contributed by atoms with Gasteiger partial charge in [0.2, 0.25) is 0 Å². The van der Waals surface area contributed by atoms with Gasteiger partial charge in [0.05, 0.1) is 5.41 Å². The third-order valence-electron chi connectivity index (χ3n) is 5.31. The summed E-state index contributed by atoms with van der Waals surface area (Å²) in [4.78, 5) is 11.5. The number of carbonyl (C=O) groups is 1. The fourth-order valence-corrected chi connectivity index (χ4v) is 4.02. The quantitative estimate of drug-likeness (QED) is 0.860. The average molecular weight is 244 g/mol. The first-order valence-electron chi connectivity index (χ1n) is 6.96. The van der Waals surface area contributed by atoms with Crippen molar-refractivity contribution in [3.8, 4) is 0 Å². The molecule has 0 heterocycles. The van der Waals surface area contributed by atoms with Gasteiger partial charge in [0.15, 0.2) is 0 Å². The SMILES string of the molecule is O=C(O)C12CCCC(c3ccccc3)(CC1)CC2. The summed E-state index contributed by atoms with van der Waals surface area (Å²) in [5.74, 6) is -0.564. The molecule has 0 amide bonds. The molecular weight excluding hydrogens is 224 g/mol. The van der Waals surface area contributed by atoms with Gasteiger partial charge in [-0.1, -0.05) is 36.8 Å². The third kappa shape index (κ3) is 1.66. The highest BCUT2D eigenvalue weighted by atomic mass is 16.4. The standard InChI is InChI=1S/C16H20O2/c17-14(18)16-8-4-7-15(9-11-16,10-12-16)13-5-2-1-3-6-13/h1-3,5-6H,4,7-12H2,(H,17,18). The summed E-state index contributed by atoms with van der Waals surface area (Å²) in [5.41, 5.74) is 1.27. The van der Waals surface area contributed by atoms with E-state index in [0.29, 0.717) is 0 Å². The first-order valence-corrected chi connectivity index (χ1v) is 6.96. The molecular formula is C16H20O2. The number of aliphatic carboxylic acids is 1. The van der Waals surface area contributed by atoms with Crippen LogP contribution in [-0.4, -0.2) is 11.1 Å². The van der Waals surface area contributed by atoms with E-state index in [1.807, 2.05) is 0 Å². The second kappa shape index (κ2) is 4.11. The molecule has 3 aliphatic carbocycles. The maximum Gasteiger partial charge on any atom is 0.309 e. The summed E-state index contributed by atoms with van der Waals surface area (Å²) in [6, 6.07) is 10.7. The van der Waals surface area contributed by atoms with Gasteiger partial charge in [-0.25, -0.2) is 0 Å². The second-order valence-electron chi connectivity index (χ2n) is 6.09. The van der Waals surface area contributed by atoms with Gasteiger partial charge in [-0.3, -0.25) is 4.79 Å². The molecule has 3 saturated carbocycles. The topological polar surface area (TPSA) is 37.3 Å². The van der Waals surface area contributed by atoms with Crippen LogP contribution in [0.3, 0.4) is 0 Å². The molecule has 2 heteroatoms. The number of rotatable bonds is 2. The molecule has 1 N–H and O–H groups in total. The number of fused-ring (bicyclic) bond motifs is 4. The Morgan fingerprint density at radius 2 is 1.61 bits per heavy atom. The fraction of sp³-hybridized carbons (Fsp3) is 0.562. The summed E-state index contributed by atoms with van der Waals surface area (Å²) in [7, 11) is 0. The van der Waals surface area contributed by atoms with Crippen LogP contribution in [0, 0.1) is 5.41 Å². The summed E-state index contributed by atoms with van der Waals surface area (Å²) in [5, 5.41) is 9.49. The molecule has 0 unspecified atom stereocenters. The van der Waals surface area contributed by atoms with Crippen LogP contribution in [0.1, 0.15) is 50.5 Å². The van der Waals surface area contributed by atoms with Crippen LogP contribution in [0.25, 0.3) is 0 Å². The lowest BCUT2D eigenvalue weighted by molar-refractivity contribution is -0.151. The lowest BCUT2D eigenvalue weighted by Crippen LogP contribution is -2.38. The van der Waals surface area contributed by atoms with Crippen LogP contribution in [0.4, 0.5) is 0 Å². The molecule has 96 valence electrons. The number of hydrogen-bond acceptors (Lipinski definition) is 1. The molecule has 0 saturated heterocycles. The van der Waals surface area contributed by atoms with Crippen molar-refractivity contribution in [2.24, 2.45) is 5.41 Å². The number of carboxylic acid groups (broad SMARTS) is 1. The van der Waals surface area contributed by atoms with E-state index in [2.05, 4.69) is 30.3 Å². The number of hydrogen-bond donors (Lipinski definition) is 1. The zero-order valence-corrected chi connectivity index (χ0v) is 10.7. The fourth-order valence-electron chi connectivity index (χ4n) is 4.02. The van der Waals surface area contributed by atoms with Crippen LogP contribution in [0.15, 0.2) is 30.3 Å². The molecule has 1 aromatic rings. The lowest BCUT2D eigenvalue weighted by Gasteiger charge is -2.41. The lowest BCUT2D eigenvalue weighted by atomic mass is 9.63. The van der Waals surface area contributed by atoms with E-state index in [9.17, 15) is 9.90 Å². The maximum absolute atomic E-state index is 11.5.